The summed E-state index contributed by atoms with van der Waals surface area (Å²) in [6, 6.07) is 14.4. The monoisotopic (exact) mass is 294 g/mol. The summed E-state index contributed by atoms with van der Waals surface area (Å²) in [6.45, 7) is 0. The van der Waals surface area contributed by atoms with E-state index in [4.69, 9.17) is 11.6 Å². The number of carbonyl (C=O) groups excluding carboxylic acids is 1. The van der Waals surface area contributed by atoms with E-state index in [-0.39, 0.29) is 5.78 Å². The number of fused-ring (bicyclic) bond motifs is 1. The summed E-state index contributed by atoms with van der Waals surface area (Å²) >= 11 is 5.80. The van der Waals surface area contributed by atoms with E-state index in [1.54, 1.807) is 36.5 Å². The molecule has 0 aliphatic carbocycles. The summed E-state index contributed by atoms with van der Waals surface area (Å²) in [5, 5.41) is 0.607. The van der Waals surface area contributed by atoms with E-state index in [1.165, 1.54) is 6.08 Å². The van der Waals surface area contributed by atoms with Gasteiger partial charge in [-0.25, -0.2) is 4.98 Å². The van der Waals surface area contributed by atoms with Crippen molar-refractivity contribution in [3.05, 3.63) is 77.1 Å². The Kier molecular flexibility index (Phi) is 3.75. The topological polar surface area (TPSA) is 42.9 Å². The minimum atomic E-state index is -0.0957. The number of hydrogen-bond donors (Lipinski definition) is 0. The van der Waals surface area contributed by atoms with Crippen LogP contribution in [0.1, 0.15) is 16.1 Å². The lowest BCUT2D eigenvalue weighted by Gasteiger charge is -1.98. The first-order valence-electron chi connectivity index (χ1n) is 6.42. The number of hydrogen-bond acceptors (Lipinski definition) is 3. The van der Waals surface area contributed by atoms with Crippen LogP contribution in [0, 0.1) is 0 Å². The first kappa shape index (κ1) is 13.5. The highest BCUT2D eigenvalue weighted by molar-refractivity contribution is 6.30. The van der Waals surface area contributed by atoms with Crippen LogP contribution in [0.4, 0.5) is 0 Å². The zero-order valence-corrected chi connectivity index (χ0v) is 11.8. The van der Waals surface area contributed by atoms with Crippen molar-refractivity contribution < 1.29 is 4.79 Å². The van der Waals surface area contributed by atoms with Gasteiger partial charge in [0.15, 0.2) is 5.78 Å². The maximum Gasteiger partial charge on any atom is 0.185 e. The Labute approximate surface area is 126 Å². The van der Waals surface area contributed by atoms with Crippen molar-refractivity contribution in [3.63, 3.8) is 0 Å². The Morgan fingerprint density at radius 2 is 1.71 bits per heavy atom. The number of ketones is 1. The lowest BCUT2D eigenvalue weighted by molar-refractivity contribution is 0.104. The van der Waals surface area contributed by atoms with E-state index in [0.29, 0.717) is 16.3 Å². The predicted octanol–water partition coefficient (Wildman–Crippen LogP) is 4.18. The molecule has 3 aromatic rings. The maximum atomic E-state index is 12.0. The standard InChI is InChI=1S/C17H11ClN2O/c18-13-7-5-12(6-8-13)17(21)10-9-14-11-19-15-3-1-2-4-16(15)20-14/h1-11H/b10-9+. The number of para-hydroxylation sites is 2. The van der Waals surface area contributed by atoms with Crippen molar-refractivity contribution >= 4 is 34.5 Å². The lowest BCUT2D eigenvalue weighted by atomic mass is 10.1. The third-order valence-corrected chi connectivity index (χ3v) is 3.25. The highest BCUT2D eigenvalue weighted by Gasteiger charge is 2.02. The van der Waals surface area contributed by atoms with Gasteiger partial charge in [-0.3, -0.25) is 9.78 Å². The highest BCUT2D eigenvalue weighted by atomic mass is 35.5. The average Bonchev–Trinajstić information content (AvgIpc) is 2.53. The molecule has 0 aliphatic rings. The molecule has 0 aliphatic heterocycles. The molecular weight excluding hydrogens is 284 g/mol. The molecule has 2 aromatic carbocycles. The molecule has 102 valence electrons. The molecule has 3 nitrogen and oxygen atoms in total. The highest BCUT2D eigenvalue weighted by Crippen LogP contribution is 2.12. The summed E-state index contributed by atoms with van der Waals surface area (Å²) in [6.07, 6.45) is 4.80. The van der Waals surface area contributed by atoms with Gasteiger partial charge in [-0.2, -0.15) is 0 Å². The van der Waals surface area contributed by atoms with Crippen LogP contribution in [0.2, 0.25) is 5.02 Å². The smallest absolute Gasteiger partial charge is 0.185 e. The van der Waals surface area contributed by atoms with Crippen LogP contribution in [-0.2, 0) is 0 Å². The largest absolute Gasteiger partial charge is 0.289 e. The SMILES string of the molecule is O=C(/C=C/c1cnc2ccccc2n1)c1ccc(Cl)cc1. The Morgan fingerprint density at radius 1 is 1.00 bits per heavy atom. The molecule has 21 heavy (non-hydrogen) atoms. The predicted molar refractivity (Wildman–Crippen MR) is 84.4 cm³/mol. The zero-order chi connectivity index (χ0) is 14.7. The van der Waals surface area contributed by atoms with Gasteiger partial charge in [0.05, 0.1) is 22.9 Å². The van der Waals surface area contributed by atoms with Crippen LogP contribution in [0.15, 0.2) is 60.8 Å². The maximum absolute atomic E-state index is 12.0. The van der Waals surface area contributed by atoms with Gasteiger partial charge in [0.2, 0.25) is 0 Å². The van der Waals surface area contributed by atoms with Gasteiger partial charge < -0.3 is 0 Å². The first-order chi connectivity index (χ1) is 10.2. The molecule has 0 radical (unpaired) electrons. The number of halogens is 1. The van der Waals surface area contributed by atoms with Crippen LogP contribution in [0.5, 0.6) is 0 Å². The molecule has 0 unspecified atom stereocenters. The number of allylic oxidation sites excluding steroid dienone is 1. The lowest BCUT2D eigenvalue weighted by Crippen LogP contribution is -1.94. The minimum absolute atomic E-state index is 0.0957. The molecule has 4 heteroatoms. The van der Waals surface area contributed by atoms with Gasteiger partial charge in [0.25, 0.3) is 0 Å². The molecule has 0 N–H and O–H groups in total. The van der Waals surface area contributed by atoms with E-state index in [0.717, 1.165) is 11.0 Å². The van der Waals surface area contributed by atoms with Gasteiger partial charge in [-0.1, -0.05) is 23.7 Å². The van der Waals surface area contributed by atoms with Crippen LogP contribution in [-0.4, -0.2) is 15.8 Å². The normalized spacial score (nSPS) is 11.1. The fourth-order valence-corrected chi connectivity index (χ4v) is 2.05. The molecule has 0 amide bonds. The van der Waals surface area contributed by atoms with Crippen molar-refractivity contribution in [1.82, 2.24) is 9.97 Å². The Bertz CT molecular complexity index is 826. The molecular formula is C17H11ClN2O. The fraction of sp³-hybridized carbons (Fsp3) is 0. The zero-order valence-electron chi connectivity index (χ0n) is 11.0. The molecule has 0 spiro atoms. The van der Waals surface area contributed by atoms with E-state index in [2.05, 4.69) is 9.97 Å². The Morgan fingerprint density at radius 3 is 2.48 bits per heavy atom. The van der Waals surface area contributed by atoms with Crippen molar-refractivity contribution in [2.75, 3.05) is 0 Å². The van der Waals surface area contributed by atoms with Crippen LogP contribution >= 0.6 is 11.6 Å². The minimum Gasteiger partial charge on any atom is -0.289 e. The summed E-state index contributed by atoms with van der Waals surface area (Å²) in [7, 11) is 0. The summed E-state index contributed by atoms with van der Waals surface area (Å²) in [5.74, 6) is -0.0957. The van der Waals surface area contributed by atoms with E-state index in [9.17, 15) is 4.79 Å². The van der Waals surface area contributed by atoms with Gasteiger partial charge >= 0.3 is 0 Å². The summed E-state index contributed by atoms with van der Waals surface area (Å²) in [5.41, 5.74) is 2.87. The van der Waals surface area contributed by atoms with Gasteiger partial charge in [-0.15, -0.1) is 0 Å². The molecule has 0 fully saturated rings. The second-order valence-corrected chi connectivity index (χ2v) is 4.92. The molecule has 1 heterocycles. The third kappa shape index (κ3) is 3.15. The molecule has 0 saturated carbocycles. The van der Waals surface area contributed by atoms with Crippen LogP contribution in [0.3, 0.4) is 0 Å². The average molecular weight is 295 g/mol. The van der Waals surface area contributed by atoms with E-state index in [1.807, 2.05) is 24.3 Å². The van der Waals surface area contributed by atoms with E-state index < -0.39 is 0 Å². The van der Waals surface area contributed by atoms with Crippen molar-refractivity contribution in [3.8, 4) is 0 Å². The van der Waals surface area contributed by atoms with Crippen LogP contribution in [0.25, 0.3) is 17.1 Å². The first-order valence-corrected chi connectivity index (χ1v) is 6.80. The van der Waals surface area contributed by atoms with Gasteiger partial charge in [0.1, 0.15) is 0 Å². The molecule has 0 bridgehead atoms. The van der Waals surface area contributed by atoms with Gasteiger partial charge in [-0.05, 0) is 48.6 Å². The molecule has 3 rings (SSSR count). The van der Waals surface area contributed by atoms with E-state index >= 15 is 0 Å². The van der Waals surface area contributed by atoms with Gasteiger partial charge in [0, 0.05) is 10.6 Å². The molecule has 0 saturated heterocycles. The summed E-state index contributed by atoms with van der Waals surface area (Å²) < 4.78 is 0. The van der Waals surface area contributed by atoms with Crippen molar-refractivity contribution in [2.45, 2.75) is 0 Å². The Balaban J connectivity index is 1.83. The second kappa shape index (κ2) is 5.85. The van der Waals surface area contributed by atoms with Crippen molar-refractivity contribution in [1.29, 1.82) is 0 Å². The number of aromatic nitrogens is 2. The third-order valence-electron chi connectivity index (χ3n) is 3.00. The fourth-order valence-electron chi connectivity index (χ4n) is 1.92. The number of rotatable bonds is 3. The Hall–Kier alpha value is -2.52. The number of carbonyl (C=O) groups is 1. The number of nitrogens with zero attached hydrogens (tertiary/aromatic N) is 2. The molecule has 1 aromatic heterocycles. The second-order valence-electron chi connectivity index (χ2n) is 4.49. The number of benzene rings is 2. The van der Waals surface area contributed by atoms with Crippen LogP contribution < -0.4 is 0 Å². The molecule has 0 atom stereocenters. The van der Waals surface area contributed by atoms with Crippen molar-refractivity contribution in [2.24, 2.45) is 0 Å². The quantitative estimate of drug-likeness (QED) is 0.537. The summed E-state index contributed by atoms with van der Waals surface area (Å²) in [4.78, 5) is 20.7.